The van der Waals surface area contributed by atoms with Crippen molar-refractivity contribution in [1.82, 2.24) is 10.6 Å². The molecule has 1 aromatic rings. The van der Waals surface area contributed by atoms with Gasteiger partial charge in [0.2, 0.25) is 0 Å². The van der Waals surface area contributed by atoms with Crippen LogP contribution in [0, 0.1) is 0 Å². The lowest BCUT2D eigenvalue weighted by molar-refractivity contribution is 0.230. The zero-order valence-corrected chi connectivity index (χ0v) is 14.5. The number of sulfone groups is 1. The number of ether oxygens (including phenoxy) is 1. The lowest BCUT2D eigenvalue weighted by atomic mass is 10.1. The van der Waals surface area contributed by atoms with Crippen molar-refractivity contribution >= 4 is 15.9 Å². The van der Waals surface area contributed by atoms with Gasteiger partial charge >= 0.3 is 6.03 Å². The van der Waals surface area contributed by atoms with Crippen LogP contribution in [0.15, 0.2) is 24.3 Å². The molecule has 1 heterocycles. The average molecular weight is 340 g/mol. The Balaban J connectivity index is 1.96. The summed E-state index contributed by atoms with van der Waals surface area (Å²) in [5, 5.41) is 5.56. The van der Waals surface area contributed by atoms with E-state index in [9.17, 15) is 13.2 Å². The van der Waals surface area contributed by atoms with Crippen LogP contribution in [0.5, 0.6) is 5.75 Å². The van der Waals surface area contributed by atoms with Crippen molar-refractivity contribution in [3.8, 4) is 5.75 Å². The minimum atomic E-state index is -3.00. The van der Waals surface area contributed by atoms with Gasteiger partial charge in [0.15, 0.2) is 9.84 Å². The second-order valence-corrected chi connectivity index (χ2v) is 8.37. The molecule has 0 saturated carbocycles. The van der Waals surface area contributed by atoms with Crippen LogP contribution in [0.25, 0.3) is 0 Å². The quantitative estimate of drug-likeness (QED) is 0.859. The summed E-state index contributed by atoms with van der Waals surface area (Å²) >= 11 is 0. The molecule has 1 fully saturated rings. The molecule has 2 amide bonds. The number of urea groups is 1. The normalized spacial score (nSPS) is 21.0. The summed E-state index contributed by atoms with van der Waals surface area (Å²) in [5.74, 6) is 0.888. The molecule has 6 nitrogen and oxygen atoms in total. The first kappa shape index (κ1) is 17.6. The van der Waals surface area contributed by atoms with E-state index in [1.54, 1.807) is 0 Å². The van der Waals surface area contributed by atoms with E-state index in [1.807, 2.05) is 45.0 Å². The zero-order chi connectivity index (χ0) is 17.0. The van der Waals surface area contributed by atoms with Crippen molar-refractivity contribution in [2.75, 3.05) is 11.5 Å². The number of hydrogen-bond acceptors (Lipinski definition) is 4. The Morgan fingerprint density at radius 2 is 1.96 bits per heavy atom. The summed E-state index contributed by atoms with van der Waals surface area (Å²) in [5.41, 5.74) is 0.885. The smallest absolute Gasteiger partial charge is 0.315 e. The van der Waals surface area contributed by atoms with Crippen molar-refractivity contribution in [2.24, 2.45) is 0 Å². The van der Waals surface area contributed by atoms with Crippen molar-refractivity contribution < 1.29 is 17.9 Å². The first-order chi connectivity index (χ1) is 10.8. The summed E-state index contributed by atoms with van der Waals surface area (Å²) in [7, 11) is -3.00. The van der Waals surface area contributed by atoms with Gasteiger partial charge in [0, 0.05) is 11.6 Å². The summed E-state index contributed by atoms with van der Waals surface area (Å²) < 4.78 is 28.6. The number of amides is 2. The van der Waals surface area contributed by atoms with Gasteiger partial charge in [-0.2, -0.15) is 0 Å². The number of rotatable bonds is 5. The molecule has 2 rings (SSSR count). The van der Waals surface area contributed by atoms with Crippen LogP contribution in [0.3, 0.4) is 0 Å². The van der Waals surface area contributed by atoms with Crippen LogP contribution in [-0.4, -0.2) is 38.1 Å². The highest BCUT2D eigenvalue weighted by molar-refractivity contribution is 7.91. The Morgan fingerprint density at radius 1 is 1.26 bits per heavy atom. The third kappa shape index (κ3) is 5.13. The molecule has 0 aliphatic carbocycles. The topological polar surface area (TPSA) is 84.5 Å². The Morgan fingerprint density at radius 3 is 2.57 bits per heavy atom. The molecule has 1 aliphatic rings. The summed E-state index contributed by atoms with van der Waals surface area (Å²) in [4.78, 5) is 12.1. The second-order valence-electron chi connectivity index (χ2n) is 6.14. The van der Waals surface area contributed by atoms with E-state index in [2.05, 4.69) is 10.6 Å². The highest BCUT2D eigenvalue weighted by Crippen LogP contribution is 2.25. The van der Waals surface area contributed by atoms with E-state index in [0.717, 1.165) is 11.3 Å². The van der Waals surface area contributed by atoms with Crippen molar-refractivity contribution in [3.63, 3.8) is 0 Å². The van der Waals surface area contributed by atoms with Gasteiger partial charge in [-0.25, -0.2) is 13.2 Å². The number of benzene rings is 1. The maximum atomic E-state index is 12.1. The molecule has 0 radical (unpaired) electrons. The van der Waals surface area contributed by atoms with Gasteiger partial charge in [0.25, 0.3) is 0 Å². The Kier molecular flexibility index (Phi) is 5.51. The molecule has 128 valence electrons. The standard InChI is InChI=1S/C16H24N2O4S/c1-11(2)22-15-7-5-4-6-14(15)12(3)17-16(19)18-13-8-9-23(20,21)10-13/h4-7,11-13H,8-10H2,1-3H3,(H2,17,18,19)/t12-,13-/m0/s1. The largest absolute Gasteiger partial charge is 0.491 e. The molecule has 0 aromatic heterocycles. The lowest BCUT2D eigenvalue weighted by Gasteiger charge is -2.21. The highest BCUT2D eigenvalue weighted by atomic mass is 32.2. The lowest BCUT2D eigenvalue weighted by Crippen LogP contribution is -2.43. The van der Waals surface area contributed by atoms with E-state index >= 15 is 0 Å². The number of para-hydroxylation sites is 1. The molecule has 0 bridgehead atoms. The highest BCUT2D eigenvalue weighted by Gasteiger charge is 2.29. The predicted molar refractivity (Wildman–Crippen MR) is 89.3 cm³/mol. The van der Waals surface area contributed by atoms with E-state index in [4.69, 9.17) is 4.74 Å². The molecule has 23 heavy (non-hydrogen) atoms. The minimum absolute atomic E-state index is 0.0157. The van der Waals surface area contributed by atoms with E-state index in [1.165, 1.54) is 0 Å². The molecule has 1 aromatic carbocycles. The number of carbonyl (C=O) groups excluding carboxylic acids is 1. The first-order valence-corrected chi connectivity index (χ1v) is 9.62. The second kappa shape index (κ2) is 7.21. The third-order valence-corrected chi connectivity index (χ3v) is 5.43. The molecular weight excluding hydrogens is 316 g/mol. The maximum absolute atomic E-state index is 12.1. The maximum Gasteiger partial charge on any atom is 0.315 e. The van der Waals surface area contributed by atoms with Gasteiger partial charge < -0.3 is 15.4 Å². The SMILES string of the molecule is CC(C)Oc1ccccc1[C@H](C)NC(=O)N[C@H]1CCS(=O)(=O)C1. The van der Waals surface area contributed by atoms with Crippen LogP contribution >= 0.6 is 0 Å². The zero-order valence-electron chi connectivity index (χ0n) is 13.7. The summed E-state index contributed by atoms with van der Waals surface area (Å²) in [6, 6.07) is 6.63. The van der Waals surface area contributed by atoms with Crippen LogP contribution < -0.4 is 15.4 Å². The van der Waals surface area contributed by atoms with Crippen LogP contribution in [0.4, 0.5) is 4.79 Å². The fraction of sp³-hybridized carbons (Fsp3) is 0.562. The molecule has 0 spiro atoms. The molecule has 1 aliphatic heterocycles. The van der Waals surface area contributed by atoms with Gasteiger partial charge in [-0.15, -0.1) is 0 Å². The minimum Gasteiger partial charge on any atom is -0.491 e. The van der Waals surface area contributed by atoms with Gasteiger partial charge in [0.05, 0.1) is 23.7 Å². The number of hydrogen-bond donors (Lipinski definition) is 2. The molecule has 0 unspecified atom stereocenters. The van der Waals surface area contributed by atoms with Gasteiger partial charge in [0.1, 0.15) is 5.75 Å². The van der Waals surface area contributed by atoms with Crippen LogP contribution in [0.2, 0.25) is 0 Å². The Bertz CT molecular complexity index is 658. The van der Waals surface area contributed by atoms with Crippen molar-refractivity contribution in [3.05, 3.63) is 29.8 Å². The van der Waals surface area contributed by atoms with E-state index in [-0.39, 0.29) is 35.7 Å². The van der Waals surface area contributed by atoms with Crippen LogP contribution in [-0.2, 0) is 9.84 Å². The van der Waals surface area contributed by atoms with Gasteiger partial charge in [-0.3, -0.25) is 0 Å². The summed E-state index contributed by atoms with van der Waals surface area (Å²) in [6.45, 7) is 5.76. The van der Waals surface area contributed by atoms with Gasteiger partial charge in [-0.1, -0.05) is 18.2 Å². The fourth-order valence-corrected chi connectivity index (χ4v) is 4.28. The first-order valence-electron chi connectivity index (χ1n) is 7.80. The monoisotopic (exact) mass is 340 g/mol. The Labute approximate surface area is 137 Å². The molecule has 2 N–H and O–H groups in total. The average Bonchev–Trinajstić information content (AvgIpc) is 2.77. The Hall–Kier alpha value is -1.76. The molecule has 7 heteroatoms. The number of carbonyl (C=O) groups is 1. The fourth-order valence-electron chi connectivity index (χ4n) is 2.61. The van der Waals surface area contributed by atoms with E-state index < -0.39 is 9.84 Å². The van der Waals surface area contributed by atoms with Crippen molar-refractivity contribution in [1.29, 1.82) is 0 Å². The molecule has 1 saturated heterocycles. The van der Waals surface area contributed by atoms with Gasteiger partial charge in [-0.05, 0) is 33.3 Å². The van der Waals surface area contributed by atoms with Crippen LogP contribution in [0.1, 0.15) is 38.8 Å². The van der Waals surface area contributed by atoms with E-state index in [0.29, 0.717) is 6.42 Å². The molecule has 2 atom stereocenters. The third-order valence-electron chi connectivity index (χ3n) is 3.66. The summed E-state index contributed by atoms with van der Waals surface area (Å²) in [6.07, 6.45) is 0.512. The van der Waals surface area contributed by atoms with Crippen molar-refractivity contribution in [2.45, 2.75) is 45.4 Å². The molecular formula is C16H24N2O4S. The predicted octanol–water partition coefficient (Wildman–Crippen LogP) is 2.02. The number of nitrogens with one attached hydrogen (secondary N) is 2.